The summed E-state index contributed by atoms with van der Waals surface area (Å²) in [6.07, 6.45) is 1.44. The molecule has 5 heteroatoms. The first-order chi connectivity index (χ1) is 13.4. The summed E-state index contributed by atoms with van der Waals surface area (Å²) >= 11 is 0. The van der Waals surface area contributed by atoms with Crippen LogP contribution in [-0.4, -0.2) is 28.8 Å². The zero-order valence-corrected chi connectivity index (χ0v) is 16.8. The van der Waals surface area contributed by atoms with Crippen LogP contribution >= 0.6 is 0 Å². The van der Waals surface area contributed by atoms with Gasteiger partial charge in [-0.15, -0.1) is 0 Å². The van der Waals surface area contributed by atoms with Crippen LogP contribution in [0.15, 0.2) is 54.6 Å². The highest BCUT2D eigenvalue weighted by molar-refractivity contribution is 5.87. The molecule has 4 nitrogen and oxygen atoms in total. The number of nitrogens with zero attached hydrogens (tertiary/aromatic N) is 1. The molecule has 1 N–H and O–H groups in total. The number of amides is 2. The minimum atomic E-state index is -0.560. The van der Waals surface area contributed by atoms with Crippen LogP contribution in [0.1, 0.15) is 44.7 Å². The van der Waals surface area contributed by atoms with Gasteiger partial charge in [0.25, 0.3) is 0 Å². The van der Waals surface area contributed by atoms with Crippen molar-refractivity contribution in [2.45, 2.75) is 58.7 Å². The molecule has 2 amide bonds. The molecule has 0 radical (unpaired) electrons. The molecule has 0 saturated heterocycles. The van der Waals surface area contributed by atoms with Gasteiger partial charge in [0, 0.05) is 19.0 Å². The summed E-state index contributed by atoms with van der Waals surface area (Å²) in [6, 6.07) is 15.3. The second kappa shape index (κ2) is 10.6. The molecule has 0 saturated carbocycles. The van der Waals surface area contributed by atoms with Crippen LogP contribution in [0.25, 0.3) is 0 Å². The number of benzene rings is 2. The van der Waals surface area contributed by atoms with Gasteiger partial charge < -0.3 is 10.2 Å². The Labute approximate surface area is 166 Å². The molecule has 0 aliphatic heterocycles. The number of aryl methyl sites for hydroxylation is 1. The maximum atomic E-state index is 13.2. The summed E-state index contributed by atoms with van der Waals surface area (Å²) in [7, 11) is 0. The molecular weight excluding hydrogens is 355 g/mol. The van der Waals surface area contributed by atoms with Crippen molar-refractivity contribution in [2.75, 3.05) is 0 Å². The van der Waals surface area contributed by atoms with Gasteiger partial charge in [0.1, 0.15) is 11.9 Å². The molecule has 0 aromatic heterocycles. The van der Waals surface area contributed by atoms with Crippen LogP contribution in [0.5, 0.6) is 0 Å². The zero-order valence-electron chi connectivity index (χ0n) is 16.8. The van der Waals surface area contributed by atoms with Crippen molar-refractivity contribution in [2.24, 2.45) is 0 Å². The van der Waals surface area contributed by atoms with Crippen molar-refractivity contribution < 1.29 is 14.0 Å². The van der Waals surface area contributed by atoms with Crippen molar-refractivity contribution in [1.82, 2.24) is 10.2 Å². The molecule has 0 aliphatic rings. The summed E-state index contributed by atoms with van der Waals surface area (Å²) in [4.78, 5) is 27.4. The average molecular weight is 384 g/mol. The summed E-state index contributed by atoms with van der Waals surface area (Å²) < 4.78 is 13.2. The van der Waals surface area contributed by atoms with Gasteiger partial charge in [-0.25, -0.2) is 4.39 Å². The van der Waals surface area contributed by atoms with E-state index in [0.29, 0.717) is 19.3 Å². The van der Waals surface area contributed by atoms with Gasteiger partial charge in [-0.3, -0.25) is 9.59 Å². The summed E-state index contributed by atoms with van der Waals surface area (Å²) in [5, 5.41) is 2.90. The predicted molar refractivity (Wildman–Crippen MR) is 109 cm³/mol. The minimum absolute atomic E-state index is 0.00589. The van der Waals surface area contributed by atoms with Gasteiger partial charge in [0.15, 0.2) is 0 Å². The molecule has 0 heterocycles. The Kier molecular flexibility index (Phi) is 8.18. The summed E-state index contributed by atoms with van der Waals surface area (Å²) in [6.45, 7) is 5.96. The third-order valence-corrected chi connectivity index (χ3v) is 4.55. The molecule has 0 bridgehead atoms. The van der Waals surface area contributed by atoms with E-state index in [-0.39, 0.29) is 30.2 Å². The third-order valence-electron chi connectivity index (χ3n) is 4.55. The summed E-state index contributed by atoms with van der Waals surface area (Å²) in [5.41, 5.74) is 1.88. The van der Waals surface area contributed by atoms with E-state index in [1.54, 1.807) is 17.0 Å². The highest BCUT2D eigenvalue weighted by Crippen LogP contribution is 2.16. The van der Waals surface area contributed by atoms with Crippen molar-refractivity contribution in [1.29, 1.82) is 0 Å². The molecule has 2 aromatic carbocycles. The van der Waals surface area contributed by atoms with Gasteiger partial charge in [-0.2, -0.15) is 0 Å². The second-order valence-corrected chi connectivity index (χ2v) is 7.22. The molecule has 2 rings (SSSR count). The van der Waals surface area contributed by atoms with E-state index in [2.05, 4.69) is 5.32 Å². The molecular formula is C23H29FN2O2. The number of halogens is 1. The van der Waals surface area contributed by atoms with Gasteiger partial charge in [-0.1, -0.05) is 49.4 Å². The lowest BCUT2D eigenvalue weighted by Gasteiger charge is -2.31. The fourth-order valence-corrected chi connectivity index (χ4v) is 3.13. The van der Waals surface area contributed by atoms with Crippen molar-refractivity contribution in [3.8, 4) is 0 Å². The van der Waals surface area contributed by atoms with E-state index in [0.717, 1.165) is 11.1 Å². The lowest BCUT2D eigenvalue weighted by molar-refractivity contribution is -0.141. The fourth-order valence-electron chi connectivity index (χ4n) is 3.13. The standard InChI is InChI=1S/C23H29FN2O2/c1-4-21(23(28)25-17(2)3)26(16-19-10-13-20(24)14-11-19)22(27)15-12-18-8-6-5-7-9-18/h5-11,13-14,17,21H,4,12,15-16H2,1-3H3,(H,25,28)/t21-/m0/s1. The molecule has 1 atom stereocenters. The predicted octanol–water partition coefficient (Wildman–Crippen LogP) is 4.09. The Morgan fingerprint density at radius 1 is 1.00 bits per heavy atom. The topological polar surface area (TPSA) is 49.4 Å². The van der Waals surface area contributed by atoms with E-state index >= 15 is 0 Å². The van der Waals surface area contributed by atoms with Crippen LogP contribution in [0.4, 0.5) is 4.39 Å². The summed E-state index contributed by atoms with van der Waals surface area (Å²) in [5.74, 6) is -0.568. The minimum Gasteiger partial charge on any atom is -0.352 e. The van der Waals surface area contributed by atoms with Crippen molar-refractivity contribution in [3.63, 3.8) is 0 Å². The first-order valence-electron chi connectivity index (χ1n) is 9.79. The van der Waals surface area contributed by atoms with Crippen LogP contribution in [0.3, 0.4) is 0 Å². The molecule has 150 valence electrons. The first-order valence-corrected chi connectivity index (χ1v) is 9.79. The van der Waals surface area contributed by atoms with Gasteiger partial charge >= 0.3 is 0 Å². The SMILES string of the molecule is CC[C@@H](C(=O)NC(C)C)N(Cc1ccc(F)cc1)C(=O)CCc1ccccc1. The molecule has 28 heavy (non-hydrogen) atoms. The quantitative estimate of drug-likeness (QED) is 0.708. The van der Waals surface area contributed by atoms with Gasteiger partial charge in [0.2, 0.25) is 11.8 Å². The lowest BCUT2D eigenvalue weighted by Crippen LogP contribution is -2.50. The Balaban J connectivity index is 2.18. The van der Waals surface area contributed by atoms with E-state index < -0.39 is 6.04 Å². The lowest BCUT2D eigenvalue weighted by atomic mass is 10.1. The number of carbonyl (C=O) groups excluding carboxylic acids is 2. The van der Waals surface area contributed by atoms with E-state index in [9.17, 15) is 14.0 Å². The molecule has 0 unspecified atom stereocenters. The van der Waals surface area contributed by atoms with E-state index in [1.807, 2.05) is 51.1 Å². The Hall–Kier alpha value is -2.69. The van der Waals surface area contributed by atoms with Crippen molar-refractivity contribution in [3.05, 3.63) is 71.5 Å². The Morgan fingerprint density at radius 2 is 1.64 bits per heavy atom. The van der Waals surface area contributed by atoms with Gasteiger partial charge in [-0.05, 0) is 49.9 Å². The highest BCUT2D eigenvalue weighted by Gasteiger charge is 2.28. The molecule has 0 fully saturated rings. The monoisotopic (exact) mass is 384 g/mol. The number of rotatable bonds is 9. The van der Waals surface area contributed by atoms with Crippen LogP contribution < -0.4 is 5.32 Å². The second-order valence-electron chi connectivity index (χ2n) is 7.22. The number of hydrogen-bond donors (Lipinski definition) is 1. The number of nitrogens with one attached hydrogen (secondary N) is 1. The maximum Gasteiger partial charge on any atom is 0.243 e. The molecule has 0 spiro atoms. The highest BCUT2D eigenvalue weighted by atomic mass is 19.1. The fraction of sp³-hybridized carbons (Fsp3) is 0.391. The Bertz CT molecular complexity index is 760. The average Bonchev–Trinajstić information content (AvgIpc) is 2.67. The first kappa shape index (κ1) is 21.6. The van der Waals surface area contributed by atoms with Crippen LogP contribution in [-0.2, 0) is 22.6 Å². The molecule has 2 aromatic rings. The Morgan fingerprint density at radius 3 is 2.21 bits per heavy atom. The smallest absolute Gasteiger partial charge is 0.243 e. The van der Waals surface area contributed by atoms with Gasteiger partial charge in [0.05, 0.1) is 0 Å². The van der Waals surface area contributed by atoms with Crippen molar-refractivity contribution >= 4 is 11.8 Å². The van der Waals surface area contributed by atoms with Crippen LogP contribution in [0, 0.1) is 5.82 Å². The zero-order chi connectivity index (χ0) is 20.5. The largest absolute Gasteiger partial charge is 0.352 e. The normalized spacial score (nSPS) is 11.9. The maximum absolute atomic E-state index is 13.2. The van der Waals surface area contributed by atoms with E-state index in [1.165, 1.54) is 12.1 Å². The van der Waals surface area contributed by atoms with Crippen LogP contribution in [0.2, 0.25) is 0 Å². The number of carbonyl (C=O) groups is 2. The third kappa shape index (κ3) is 6.48. The molecule has 0 aliphatic carbocycles. The van der Waals surface area contributed by atoms with E-state index in [4.69, 9.17) is 0 Å². The number of hydrogen-bond acceptors (Lipinski definition) is 2.